The number of hydrogen-bond donors (Lipinski definition) is 2. The van der Waals surface area contributed by atoms with Gasteiger partial charge in [0.25, 0.3) is 0 Å². The lowest BCUT2D eigenvalue weighted by Crippen LogP contribution is -2.41. The minimum Gasteiger partial charge on any atom is -0.462 e. The van der Waals surface area contributed by atoms with E-state index in [4.69, 9.17) is 35.9 Å². The third-order valence-electron chi connectivity index (χ3n) is 4.72. The molecule has 0 radical (unpaired) electrons. The van der Waals surface area contributed by atoms with Crippen LogP contribution >= 0.6 is 19.3 Å². The van der Waals surface area contributed by atoms with Crippen molar-refractivity contribution in [3.05, 3.63) is 12.7 Å². The number of nitrogens with one attached hydrogen (secondary N) is 1. The number of fused-ring (bicyclic) bond motifs is 1. The smallest absolute Gasteiger partial charge is 0.406 e. The average Bonchev–Trinajstić information content (AvgIpc) is 3.23. The van der Waals surface area contributed by atoms with Gasteiger partial charge in [0.15, 0.2) is 17.7 Å². The van der Waals surface area contributed by atoms with Crippen molar-refractivity contribution < 1.29 is 27.9 Å². The number of nitrogens with zero attached hydrogens (tertiary/aromatic N) is 4. The molecule has 2 aromatic rings. The van der Waals surface area contributed by atoms with Crippen LogP contribution in [0.15, 0.2) is 12.7 Å². The molecule has 5 atom stereocenters. The van der Waals surface area contributed by atoms with Gasteiger partial charge in [0.2, 0.25) is 0 Å². The van der Waals surface area contributed by atoms with E-state index in [1.807, 2.05) is 0 Å². The standard InChI is InChI=1S/C17H26ClN6O6P/c1-9(2)29-15(25)10(3)23-31(26,27-5)30-11-6-28-16(17(11,4)18)24-8-22-12-13(19)20-7-21-14(12)24/h7-11,16H,6H2,1-5H3,(H,23,26)(H2,19,20,21)/t10-,11-,16-,17-,31-/m1/s1. The van der Waals surface area contributed by atoms with Gasteiger partial charge in [0.1, 0.15) is 28.9 Å². The Hall–Kier alpha value is -1.82. The Morgan fingerprint density at radius 2 is 2.13 bits per heavy atom. The van der Waals surface area contributed by atoms with Crippen molar-refractivity contribution in [2.24, 2.45) is 0 Å². The minimum atomic E-state index is -3.93. The van der Waals surface area contributed by atoms with Gasteiger partial charge in [0.05, 0.1) is 19.0 Å². The number of carbonyl (C=O) groups is 1. The van der Waals surface area contributed by atoms with Crippen LogP contribution in [-0.4, -0.2) is 62.3 Å². The summed E-state index contributed by atoms with van der Waals surface area (Å²) in [4.78, 5) is 23.2. The highest BCUT2D eigenvalue weighted by atomic mass is 35.5. The largest absolute Gasteiger partial charge is 0.462 e. The van der Waals surface area contributed by atoms with Gasteiger partial charge >= 0.3 is 13.7 Å². The van der Waals surface area contributed by atoms with Gasteiger partial charge < -0.3 is 19.7 Å². The van der Waals surface area contributed by atoms with E-state index >= 15 is 0 Å². The third-order valence-corrected chi connectivity index (χ3v) is 6.87. The van der Waals surface area contributed by atoms with Gasteiger partial charge in [-0.1, -0.05) is 0 Å². The zero-order chi connectivity index (χ0) is 23.0. The van der Waals surface area contributed by atoms with Gasteiger partial charge in [-0.25, -0.2) is 24.6 Å². The number of anilines is 1. The number of aromatic nitrogens is 4. The summed E-state index contributed by atoms with van der Waals surface area (Å²) in [5.74, 6) is -0.367. The molecular formula is C17H26ClN6O6P. The molecule has 172 valence electrons. The number of rotatable bonds is 8. The highest BCUT2D eigenvalue weighted by Crippen LogP contribution is 2.51. The van der Waals surface area contributed by atoms with Crippen molar-refractivity contribution in [1.82, 2.24) is 24.6 Å². The van der Waals surface area contributed by atoms with Crippen molar-refractivity contribution in [2.75, 3.05) is 19.5 Å². The first-order valence-corrected chi connectivity index (χ1v) is 11.5. The fourth-order valence-corrected chi connectivity index (χ4v) is 4.89. The summed E-state index contributed by atoms with van der Waals surface area (Å²) in [5.41, 5.74) is 6.68. The molecule has 1 fully saturated rings. The van der Waals surface area contributed by atoms with Crippen LogP contribution in [0.25, 0.3) is 11.2 Å². The first kappa shape index (κ1) is 23.8. The fraction of sp³-hybridized carbons (Fsp3) is 0.647. The average molecular weight is 477 g/mol. The number of halogens is 1. The molecule has 1 aliphatic rings. The second-order valence-electron chi connectivity index (χ2n) is 7.53. The molecule has 1 aliphatic heterocycles. The van der Waals surface area contributed by atoms with Crippen LogP contribution in [0, 0.1) is 0 Å². The Balaban J connectivity index is 1.78. The van der Waals surface area contributed by atoms with E-state index in [0.717, 1.165) is 0 Å². The van der Waals surface area contributed by atoms with Gasteiger partial charge in [-0.3, -0.25) is 13.9 Å². The highest BCUT2D eigenvalue weighted by Gasteiger charge is 2.52. The molecule has 0 amide bonds. The summed E-state index contributed by atoms with van der Waals surface area (Å²) in [6, 6.07) is -0.940. The lowest BCUT2D eigenvalue weighted by Gasteiger charge is -2.31. The summed E-state index contributed by atoms with van der Waals surface area (Å²) in [5, 5.41) is 2.57. The Bertz CT molecular complexity index is 1000. The topological polar surface area (TPSA) is 153 Å². The Labute approximate surface area is 184 Å². The van der Waals surface area contributed by atoms with Gasteiger partial charge in [-0.05, 0) is 27.7 Å². The van der Waals surface area contributed by atoms with Crippen molar-refractivity contribution in [3.8, 4) is 0 Å². The molecule has 3 rings (SSSR count). The van der Waals surface area contributed by atoms with Crippen LogP contribution in [0.2, 0.25) is 0 Å². The summed E-state index contributed by atoms with van der Waals surface area (Å²) in [6.07, 6.45) is 0.860. The Morgan fingerprint density at radius 1 is 1.42 bits per heavy atom. The lowest BCUT2D eigenvalue weighted by atomic mass is 10.1. The normalized spacial score (nSPS) is 26.8. The maximum Gasteiger partial charge on any atom is 0.406 e. The maximum atomic E-state index is 13.1. The second kappa shape index (κ2) is 8.97. The molecule has 0 aliphatic carbocycles. The number of esters is 1. The molecule has 14 heteroatoms. The van der Waals surface area contributed by atoms with Crippen molar-refractivity contribution in [1.29, 1.82) is 0 Å². The van der Waals surface area contributed by atoms with E-state index in [1.54, 1.807) is 25.3 Å². The first-order chi connectivity index (χ1) is 14.5. The molecule has 31 heavy (non-hydrogen) atoms. The van der Waals surface area contributed by atoms with Crippen LogP contribution in [0.5, 0.6) is 0 Å². The highest BCUT2D eigenvalue weighted by molar-refractivity contribution is 7.51. The predicted molar refractivity (Wildman–Crippen MR) is 112 cm³/mol. The monoisotopic (exact) mass is 476 g/mol. The van der Waals surface area contributed by atoms with Crippen LogP contribution in [0.4, 0.5) is 5.82 Å². The SMILES string of the molecule is CO[P@](=O)(N[C@H](C)C(=O)OC(C)C)O[C@@H]1CO[C@@H](n2cnc3c(N)ncnc32)[C@]1(C)Cl. The first-order valence-electron chi connectivity index (χ1n) is 9.54. The number of ether oxygens (including phenoxy) is 2. The van der Waals surface area contributed by atoms with Crippen molar-refractivity contribution >= 4 is 42.3 Å². The number of carbonyl (C=O) groups excluding carboxylic acids is 1. The maximum absolute atomic E-state index is 13.1. The summed E-state index contributed by atoms with van der Waals surface area (Å²) in [7, 11) is -2.72. The van der Waals surface area contributed by atoms with E-state index in [9.17, 15) is 9.36 Å². The number of nitrogens with two attached hydrogens (primary N) is 1. The molecule has 0 unspecified atom stereocenters. The van der Waals surface area contributed by atoms with Crippen molar-refractivity contribution in [2.45, 2.75) is 57.0 Å². The van der Waals surface area contributed by atoms with E-state index in [2.05, 4.69) is 20.0 Å². The molecule has 2 aromatic heterocycles. The molecular weight excluding hydrogens is 451 g/mol. The quantitative estimate of drug-likeness (QED) is 0.326. The van der Waals surface area contributed by atoms with E-state index in [0.29, 0.717) is 11.2 Å². The number of alkyl halides is 1. The zero-order valence-corrected chi connectivity index (χ0v) is 19.5. The second-order valence-corrected chi connectivity index (χ2v) is 10.2. The summed E-state index contributed by atoms with van der Waals surface area (Å²) < 4.78 is 36.5. The molecule has 0 bridgehead atoms. The number of imidazole rings is 1. The molecule has 0 saturated carbocycles. The molecule has 0 aromatic carbocycles. The van der Waals surface area contributed by atoms with Gasteiger partial charge in [0, 0.05) is 7.11 Å². The third kappa shape index (κ3) is 4.84. The van der Waals surface area contributed by atoms with Gasteiger partial charge in [-0.2, -0.15) is 0 Å². The van der Waals surface area contributed by atoms with Crippen LogP contribution < -0.4 is 10.8 Å². The number of nitrogen functional groups attached to an aromatic ring is 1. The van der Waals surface area contributed by atoms with E-state index < -0.39 is 37.0 Å². The Morgan fingerprint density at radius 3 is 2.77 bits per heavy atom. The lowest BCUT2D eigenvalue weighted by molar-refractivity contribution is -0.149. The van der Waals surface area contributed by atoms with Crippen LogP contribution in [0.1, 0.15) is 33.9 Å². The Kier molecular flexibility index (Phi) is 6.90. The fourth-order valence-electron chi connectivity index (χ4n) is 3.11. The summed E-state index contributed by atoms with van der Waals surface area (Å²) in [6.45, 7) is 6.60. The number of hydrogen-bond acceptors (Lipinski definition) is 10. The van der Waals surface area contributed by atoms with Crippen LogP contribution in [0.3, 0.4) is 0 Å². The van der Waals surface area contributed by atoms with E-state index in [-0.39, 0.29) is 18.5 Å². The minimum absolute atomic E-state index is 0.00472. The van der Waals surface area contributed by atoms with Crippen LogP contribution in [-0.2, 0) is 27.9 Å². The summed E-state index contributed by atoms with van der Waals surface area (Å²) >= 11 is 6.79. The van der Waals surface area contributed by atoms with Crippen molar-refractivity contribution in [3.63, 3.8) is 0 Å². The molecule has 3 N–H and O–H groups in total. The molecule has 1 saturated heterocycles. The molecule has 3 heterocycles. The van der Waals surface area contributed by atoms with Gasteiger partial charge in [-0.15, -0.1) is 11.6 Å². The molecule has 0 spiro atoms. The predicted octanol–water partition coefficient (Wildman–Crippen LogP) is 2.00. The molecule has 12 nitrogen and oxygen atoms in total. The zero-order valence-electron chi connectivity index (χ0n) is 17.8. The van der Waals surface area contributed by atoms with E-state index in [1.165, 1.54) is 26.7 Å².